The molecule has 0 spiro atoms. The lowest BCUT2D eigenvalue weighted by Gasteiger charge is -2.24. The first-order valence-electron chi connectivity index (χ1n) is 7.15. The molecule has 1 rings (SSSR count). The van der Waals surface area contributed by atoms with Crippen LogP contribution in [-0.4, -0.2) is 23.4 Å². The zero-order valence-corrected chi connectivity index (χ0v) is 13.5. The summed E-state index contributed by atoms with van der Waals surface area (Å²) >= 11 is 0. The van der Waals surface area contributed by atoms with Crippen LogP contribution >= 0.6 is 0 Å². The average molecular weight is 291 g/mol. The third kappa shape index (κ3) is 5.10. The summed E-state index contributed by atoms with van der Waals surface area (Å²) in [5.41, 5.74) is 2.54. The number of rotatable bonds is 6. The molecule has 0 heterocycles. The van der Waals surface area contributed by atoms with Gasteiger partial charge in [-0.1, -0.05) is 45.0 Å². The van der Waals surface area contributed by atoms with Gasteiger partial charge in [-0.25, -0.2) is 0 Å². The van der Waals surface area contributed by atoms with Crippen LogP contribution in [0.25, 0.3) is 0 Å². The van der Waals surface area contributed by atoms with E-state index in [1.54, 1.807) is 7.05 Å². The highest BCUT2D eigenvalue weighted by atomic mass is 16.6. The summed E-state index contributed by atoms with van der Waals surface area (Å²) in [7, 11) is 1.70. The molecule has 1 N–H and O–H groups in total. The zero-order chi connectivity index (χ0) is 16.0. The van der Waals surface area contributed by atoms with E-state index >= 15 is 0 Å². The number of hydrogen-bond donors (Lipinski definition) is 1. The fourth-order valence-electron chi connectivity index (χ4n) is 2.10. The van der Waals surface area contributed by atoms with Gasteiger partial charge in [-0.3, -0.25) is 10.1 Å². The quantitative estimate of drug-likeness (QED) is 0.646. The highest BCUT2D eigenvalue weighted by molar-refractivity contribution is 5.27. The smallest absolute Gasteiger partial charge is 0.274 e. The van der Waals surface area contributed by atoms with Crippen molar-refractivity contribution < 1.29 is 4.92 Å². The van der Waals surface area contributed by atoms with Crippen LogP contribution in [0.5, 0.6) is 0 Å². The molecule has 1 aromatic carbocycles. The molecule has 0 aliphatic carbocycles. The number of nitro groups is 1. The average Bonchev–Trinajstić information content (AvgIpc) is 2.41. The first kappa shape index (κ1) is 17.0. The van der Waals surface area contributed by atoms with Crippen molar-refractivity contribution in [2.75, 3.05) is 13.6 Å². The van der Waals surface area contributed by atoms with Crippen LogP contribution in [0, 0.1) is 10.1 Å². The van der Waals surface area contributed by atoms with E-state index in [1.807, 2.05) is 11.8 Å². The summed E-state index contributed by atoms with van der Waals surface area (Å²) in [5.74, 6) is 0.516. The van der Waals surface area contributed by atoms with E-state index in [9.17, 15) is 10.1 Å². The van der Waals surface area contributed by atoms with Gasteiger partial charge in [0.2, 0.25) is 0 Å². The first-order valence-corrected chi connectivity index (χ1v) is 7.15. The van der Waals surface area contributed by atoms with E-state index in [0.717, 1.165) is 11.8 Å². The fraction of sp³-hybridized carbons (Fsp3) is 0.500. The van der Waals surface area contributed by atoms with Gasteiger partial charge in [0.1, 0.15) is 0 Å². The molecule has 0 radical (unpaired) electrons. The van der Waals surface area contributed by atoms with Crippen molar-refractivity contribution in [1.29, 1.82) is 0 Å². The summed E-state index contributed by atoms with van der Waals surface area (Å²) in [6, 6.07) is 8.42. The molecule has 116 valence electrons. The van der Waals surface area contributed by atoms with Crippen molar-refractivity contribution in [3.8, 4) is 0 Å². The van der Waals surface area contributed by atoms with Crippen molar-refractivity contribution >= 4 is 0 Å². The van der Waals surface area contributed by atoms with Gasteiger partial charge >= 0.3 is 0 Å². The third-order valence-electron chi connectivity index (χ3n) is 3.40. The van der Waals surface area contributed by atoms with Gasteiger partial charge < -0.3 is 10.2 Å². The lowest BCUT2D eigenvalue weighted by atomic mass is 9.87. The third-order valence-corrected chi connectivity index (χ3v) is 3.40. The lowest BCUT2D eigenvalue weighted by Crippen LogP contribution is -2.30. The minimum atomic E-state index is -0.433. The highest BCUT2D eigenvalue weighted by Gasteiger charge is 2.14. The van der Waals surface area contributed by atoms with E-state index in [-0.39, 0.29) is 5.41 Å². The monoisotopic (exact) mass is 291 g/mol. The minimum Gasteiger partial charge on any atom is -0.370 e. The Bertz CT molecular complexity index is 501. The molecular weight excluding hydrogens is 266 g/mol. The van der Waals surface area contributed by atoms with E-state index in [4.69, 9.17) is 0 Å². The van der Waals surface area contributed by atoms with Crippen LogP contribution in [0.15, 0.2) is 36.3 Å². The Hall–Kier alpha value is -2.04. The van der Waals surface area contributed by atoms with E-state index in [0.29, 0.717) is 18.9 Å². The lowest BCUT2D eigenvalue weighted by molar-refractivity contribution is -0.404. The molecule has 0 bridgehead atoms. The van der Waals surface area contributed by atoms with Crippen molar-refractivity contribution in [2.24, 2.45) is 0 Å². The molecule has 0 aliphatic heterocycles. The number of hydrogen-bond acceptors (Lipinski definition) is 4. The number of benzene rings is 1. The van der Waals surface area contributed by atoms with Crippen molar-refractivity contribution in [1.82, 2.24) is 10.2 Å². The summed E-state index contributed by atoms with van der Waals surface area (Å²) in [5, 5.41) is 13.5. The van der Waals surface area contributed by atoms with Crippen molar-refractivity contribution in [2.45, 2.75) is 39.7 Å². The molecule has 0 saturated heterocycles. The second kappa shape index (κ2) is 7.11. The van der Waals surface area contributed by atoms with Gasteiger partial charge in [-0.2, -0.15) is 0 Å². The topological polar surface area (TPSA) is 58.4 Å². The Morgan fingerprint density at radius 2 is 1.90 bits per heavy atom. The Morgan fingerprint density at radius 3 is 2.29 bits per heavy atom. The van der Waals surface area contributed by atoms with E-state index in [1.165, 1.54) is 5.56 Å². The molecule has 0 amide bonds. The molecule has 0 unspecified atom stereocenters. The molecule has 21 heavy (non-hydrogen) atoms. The van der Waals surface area contributed by atoms with Gasteiger partial charge in [-0.15, -0.1) is 0 Å². The zero-order valence-electron chi connectivity index (χ0n) is 13.5. The van der Waals surface area contributed by atoms with Gasteiger partial charge in [0.05, 0.1) is 4.92 Å². The van der Waals surface area contributed by atoms with Gasteiger partial charge in [0, 0.05) is 20.1 Å². The van der Waals surface area contributed by atoms with Crippen LogP contribution in [-0.2, 0) is 12.0 Å². The molecule has 1 aromatic rings. The molecule has 0 fully saturated rings. The molecule has 5 heteroatoms. The largest absolute Gasteiger partial charge is 0.370 e. The fourth-order valence-corrected chi connectivity index (χ4v) is 2.10. The number of nitrogens with one attached hydrogen (secondary N) is 1. The SMILES string of the molecule is CCN(Cc1ccc(C(C)(C)C)cc1)C(=C[N+](=O)[O-])NC. The normalized spacial score (nSPS) is 12.1. The summed E-state index contributed by atoms with van der Waals surface area (Å²) in [4.78, 5) is 12.2. The second-order valence-electron chi connectivity index (χ2n) is 6.01. The predicted octanol–water partition coefficient (Wildman–Crippen LogP) is 3.10. The summed E-state index contributed by atoms with van der Waals surface area (Å²) in [6.07, 6.45) is 1.01. The summed E-state index contributed by atoms with van der Waals surface area (Å²) in [6.45, 7) is 9.86. The van der Waals surface area contributed by atoms with Crippen LogP contribution < -0.4 is 5.32 Å². The molecular formula is C16H25N3O2. The standard InChI is InChI=1S/C16H25N3O2/c1-6-18(15(17-5)12-19(20)21)11-13-7-9-14(10-8-13)16(2,3)4/h7-10,12,17H,6,11H2,1-5H3. The Morgan fingerprint density at radius 1 is 1.33 bits per heavy atom. The maximum Gasteiger partial charge on any atom is 0.274 e. The summed E-state index contributed by atoms with van der Waals surface area (Å²) < 4.78 is 0. The molecule has 0 aliphatic rings. The maximum absolute atomic E-state index is 10.7. The van der Waals surface area contributed by atoms with Gasteiger partial charge in [-0.05, 0) is 23.5 Å². The Labute approximate surface area is 126 Å². The molecule has 0 atom stereocenters. The molecule has 0 saturated carbocycles. The van der Waals surface area contributed by atoms with Crippen molar-refractivity contribution in [3.63, 3.8) is 0 Å². The molecule has 5 nitrogen and oxygen atoms in total. The van der Waals surface area contributed by atoms with Crippen LogP contribution in [0.4, 0.5) is 0 Å². The van der Waals surface area contributed by atoms with Crippen molar-refractivity contribution in [3.05, 3.63) is 57.5 Å². The van der Waals surface area contributed by atoms with Crippen LogP contribution in [0.1, 0.15) is 38.8 Å². The maximum atomic E-state index is 10.7. The minimum absolute atomic E-state index is 0.130. The predicted molar refractivity (Wildman–Crippen MR) is 85.4 cm³/mol. The van der Waals surface area contributed by atoms with E-state index in [2.05, 4.69) is 50.4 Å². The van der Waals surface area contributed by atoms with E-state index < -0.39 is 4.92 Å². The van der Waals surface area contributed by atoms with Gasteiger partial charge in [0.15, 0.2) is 5.82 Å². The van der Waals surface area contributed by atoms with Crippen LogP contribution in [0.2, 0.25) is 0 Å². The van der Waals surface area contributed by atoms with Crippen LogP contribution in [0.3, 0.4) is 0 Å². The van der Waals surface area contributed by atoms with Gasteiger partial charge in [0.25, 0.3) is 6.20 Å². The Kier molecular flexibility index (Phi) is 5.76. The highest BCUT2D eigenvalue weighted by Crippen LogP contribution is 2.22. The second-order valence-corrected chi connectivity index (χ2v) is 6.01. The molecule has 0 aromatic heterocycles. The number of nitrogens with zero attached hydrogens (tertiary/aromatic N) is 2. The Balaban J connectivity index is 2.89. The first-order chi connectivity index (χ1) is 9.77.